The van der Waals surface area contributed by atoms with E-state index in [9.17, 15) is 0 Å². The van der Waals surface area contributed by atoms with E-state index in [1.807, 2.05) is 24.3 Å². The molecule has 1 heterocycles. The minimum atomic E-state index is 0. The lowest BCUT2D eigenvalue weighted by atomic mass is 10.2. The third kappa shape index (κ3) is 8.73. The number of aliphatic imine (C=N–C) groups is 1. The maximum absolute atomic E-state index is 5.35. The van der Waals surface area contributed by atoms with E-state index in [2.05, 4.69) is 50.6 Å². The van der Waals surface area contributed by atoms with Crippen molar-refractivity contribution in [3.63, 3.8) is 0 Å². The van der Waals surface area contributed by atoms with Crippen LogP contribution in [-0.2, 0) is 17.7 Å². The van der Waals surface area contributed by atoms with Gasteiger partial charge in [0.2, 0.25) is 0 Å². The SMILES string of the molecule is COCC(C)NC(=NCc1ccc(Br)cc1)NCCc1ccco1.I. The van der Waals surface area contributed by atoms with Gasteiger partial charge in [0.1, 0.15) is 5.76 Å². The first kappa shape index (κ1) is 22.0. The van der Waals surface area contributed by atoms with Gasteiger partial charge in [0.05, 0.1) is 19.4 Å². The first-order chi connectivity index (χ1) is 11.7. The Balaban J connectivity index is 0.00000312. The monoisotopic (exact) mass is 521 g/mol. The standard InChI is InChI=1S/C18H24BrN3O2.HI/c1-14(13-23-2)22-18(20-10-9-17-4-3-11-24-17)21-12-15-5-7-16(19)8-6-15;/h3-8,11,14H,9-10,12-13H2,1-2H3,(H2,20,21,22);1H. The number of nitrogens with one attached hydrogen (secondary N) is 2. The highest BCUT2D eigenvalue weighted by Crippen LogP contribution is 2.11. The van der Waals surface area contributed by atoms with Crippen molar-refractivity contribution in [2.24, 2.45) is 4.99 Å². The number of methoxy groups -OCH3 is 1. The molecule has 2 aromatic rings. The predicted molar refractivity (Wildman–Crippen MR) is 116 cm³/mol. The molecular formula is C18H25BrIN3O2. The summed E-state index contributed by atoms with van der Waals surface area (Å²) in [7, 11) is 1.70. The molecule has 138 valence electrons. The Morgan fingerprint density at radius 2 is 2.04 bits per heavy atom. The van der Waals surface area contributed by atoms with Gasteiger partial charge in [-0.15, -0.1) is 24.0 Å². The number of ether oxygens (including phenoxy) is 1. The van der Waals surface area contributed by atoms with Gasteiger partial charge < -0.3 is 19.8 Å². The molecule has 5 nitrogen and oxygen atoms in total. The molecule has 1 atom stereocenters. The number of benzene rings is 1. The number of rotatable bonds is 8. The zero-order valence-electron chi connectivity index (χ0n) is 14.5. The van der Waals surface area contributed by atoms with Gasteiger partial charge >= 0.3 is 0 Å². The summed E-state index contributed by atoms with van der Waals surface area (Å²) < 4.78 is 11.6. The van der Waals surface area contributed by atoms with Crippen LogP contribution in [0, 0.1) is 0 Å². The van der Waals surface area contributed by atoms with Crippen molar-refractivity contribution >= 4 is 45.9 Å². The zero-order chi connectivity index (χ0) is 17.2. The normalized spacial score (nSPS) is 12.4. The lowest BCUT2D eigenvalue weighted by Gasteiger charge is -2.17. The zero-order valence-corrected chi connectivity index (χ0v) is 18.4. The minimum absolute atomic E-state index is 0. The van der Waals surface area contributed by atoms with Crippen molar-refractivity contribution in [1.82, 2.24) is 10.6 Å². The fraction of sp³-hybridized carbons (Fsp3) is 0.389. The number of hydrogen-bond donors (Lipinski definition) is 2. The molecule has 0 radical (unpaired) electrons. The van der Waals surface area contributed by atoms with Crippen molar-refractivity contribution < 1.29 is 9.15 Å². The van der Waals surface area contributed by atoms with Gasteiger partial charge in [0, 0.05) is 30.6 Å². The minimum Gasteiger partial charge on any atom is -0.469 e. The Morgan fingerprint density at radius 3 is 2.68 bits per heavy atom. The molecule has 0 amide bonds. The van der Waals surface area contributed by atoms with E-state index >= 15 is 0 Å². The van der Waals surface area contributed by atoms with Crippen molar-refractivity contribution in [2.45, 2.75) is 25.9 Å². The molecular weight excluding hydrogens is 497 g/mol. The summed E-state index contributed by atoms with van der Waals surface area (Å²) in [6.45, 7) is 4.05. The Morgan fingerprint density at radius 1 is 1.28 bits per heavy atom. The number of furan rings is 1. The Labute approximate surface area is 174 Å². The van der Waals surface area contributed by atoms with Crippen molar-refractivity contribution in [3.05, 3.63) is 58.5 Å². The van der Waals surface area contributed by atoms with Crippen molar-refractivity contribution in [2.75, 3.05) is 20.3 Å². The Kier molecular flexibility index (Phi) is 10.8. The molecule has 0 aliphatic rings. The summed E-state index contributed by atoms with van der Waals surface area (Å²) in [5.41, 5.74) is 1.16. The van der Waals surface area contributed by atoms with E-state index in [0.29, 0.717) is 13.2 Å². The fourth-order valence-corrected chi connectivity index (χ4v) is 2.46. The Hall–Kier alpha value is -1.06. The summed E-state index contributed by atoms with van der Waals surface area (Å²) in [6, 6.07) is 12.2. The van der Waals surface area contributed by atoms with Crippen LogP contribution in [0.25, 0.3) is 0 Å². The maximum atomic E-state index is 5.35. The van der Waals surface area contributed by atoms with E-state index in [1.165, 1.54) is 0 Å². The summed E-state index contributed by atoms with van der Waals surface area (Å²) >= 11 is 3.45. The molecule has 0 bridgehead atoms. The van der Waals surface area contributed by atoms with Gasteiger partial charge in [-0.3, -0.25) is 0 Å². The third-order valence-corrected chi connectivity index (χ3v) is 3.91. The van der Waals surface area contributed by atoms with E-state index < -0.39 is 0 Å². The summed E-state index contributed by atoms with van der Waals surface area (Å²) in [4.78, 5) is 4.66. The van der Waals surface area contributed by atoms with Crippen LogP contribution in [-0.4, -0.2) is 32.3 Å². The number of halogens is 2. The highest BCUT2D eigenvalue weighted by atomic mass is 127. The molecule has 0 spiro atoms. The molecule has 2 N–H and O–H groups in total. The summed E-state index contributed by atoms with van der Waals surface area (Å²) in [5.74, 6) is 1.73. The molecule has 0 fully saturated rings. The van der Waals surface area contributed by atoms with Gasteiger partial charge in [-0.1, -0.05) is 28.1 Å². The molecule has 1 aromatic heterocycles. The average molecular weight is 522 g/mol. The smallest absolute Gasteiger partial charge is 0.191 e. The lowest BCUT2D eigenvalue weighted by molar-refractivity contribution is 0.179. The second kappa shape index (κ2) is 12.3. The van der Waals surface area contributed by atoms with Crippen LogP contribution in [0.4, 0.5) is 0 Å². The van der Waals surface area contributed by atoms with Crippen LogP contribution >= 0.6 is 39.9 Å². The van der Waals surface area contributed by atoms with Crippen LogP contribution in [0.5, 0.6) is 0 Å². The van der Waals surface area contributed by atoms with Gasteiger partial charge in [-0.05, 0) is 36.8 Å². The molecule has 0 aliphatic heterocycles. The third-order valence-electron chi connectivity index (χ3n) is 3.38. The second-order valence-corrected chi connectivity index (χ2v) is 6.46. The molecule has 0 aliphatic carbocycles. The highest BCUT2D eigenvalue weighted by molar-refractivity contribution is 14.0. The number of hydrogen-bond acceptors (Lipinski definition) is 3. The molecule has 0 saturated heterocycles. The van der Waals surface area contributed by atoms with E-state index in [1.54, 1.807) is 13.4 Å². The second-order valence-electron chi connectivity index (χ2n) is 5.55. The van der Waals surface area contributed by atoms with Crippen LogP contribution in [0.1, 0.15) is 18.2 Å². The molecule has 25 heavy (non-hydrogen) atoms. The van der Waals surface area contributed by atoms with Gasteiger partial charge in [-0.2, -0.15) is 0 Å². The van der Waals surface area contributed by atoms with E-state index in [4.69, 9.17) is 9.15 Å². The largest absolute Gasteiger partial charge is 0.469 e. The summed E-state index contributed by atoms with van der Waals surface area (Å²) in [6.07, 6.45) is 2.50. The van der Waals surface area contributed by atoms with Crippen LogP contribution in [0.3, 0.4) is 0 Å². The van der Waals surface area contributed by atoms with E-state index in [-0.39, 0.29) is 30.0 Å². The van der Waals surface area contributed by atoms with Crippen LogP contribution in [0.2, 0.25) is 0 Å². The first-order valence-corrected chi connectivity index (χ1v) is 8.77. The van der Waals surface area contributed by atoms with Gasteiger partial charge in [0.15, 0.2) is 5.96 Å². The average Bonchev–Trinajstić information content (AvgIpc) is 3.07. The lowest BCUT2D eigenvalue weighted by Crippen LogP contribution is -2.44. The van der Waals surface area contributed by atoms with Gasteiger partial charge in [0.25, 0.3) is 0 Å². The summed E-state index contributed by atoms with van der Waals surface area (Å²) in [5, 5.41) is 6.70. The van der Waals surface area contributed by atoms with Crippen LogP contribution < -0.4 is 10.6 Å². The highest BCUT2D eigenvalue weighted by Gasteiger charge is 2.06. The number of guanidine groups is 1. The van der Waals surface area contributed by atoms with Crippen molar-refractivity contribution in [1.29, 1.82) is 0 Å². The van der Waals surface area contributed by atoms with Crippen molar-refractivity contribution in [3.8, 4) is 0 Å². The molecule has 2 rings (SSSR count). The molecule has 1 aromatic carbocycles. The predicted octanol–water partition coefficient (Wildman–Crippen LogP) is 3.97. The first-order valence-electron chi connectivity index (χ1n) is 7.98. The Bertz CT molecular complexity index is 618. The quantitative estimate of drug-likeness (QED) is 0.313. The number of nitrogens with zero attached hydrogens (tertiary/aromatic N) is 1. The maximum Gasteiger partial charge on any atom is 0.191 e. The van der Waals surface area contributed by atoms with Gasteiger partial charge in [-0.25, -0.2) is 4.99 Å². The fourth-order valence-electron chi connectivity index (χ4n) is 2.20. The molecule has 1 unspecified atom stereocenters. The molecule has 7 heteroatoms. The van der Waals surface area contributed by atoms with E-state index in [0.717, 1.165) is 34.7 Å². The topological polar surface area (TPSA) is 58.8 Å². The molecule has 0 saturated carbocycles. The van der Waals surface area contributed by atoms with Crippen LogP contribution in [0.15, 0.2) is 56.5 Å².